The number of nitrogens with zero attached hydrogens (tertiary/aromatic N) is 1. The maximum absolute atomic E-state index is 15.0. The van der Waals surface area contributed by atoms with Crippen molar-refractivity contribution in [2.45, 2.75) is 13.8 Å². The monoisotopic (exact) mass is 504 g/mol. The Hall–Kier alpha value is -4.01. The summed E-state index contributed by atoms with van der Waals surface area (Å²) in [4.78, 5) is 0. The molecule has 1 nitrogen and oxygen atoms in total. The Balaban J connectivity index is 2.11. The minimum absolute atomic E-state index is 0.104. The SMILES string of the molecule is Cc1cc(F)cc(C)c1-[n+]1c2ccc(F)cc2c(-c2c(F)c(F)c(F)c(F)c2F)c2cc(F)ccc21. The maximum atomic E-state index is 15.0. The zero-order chi connectivity index (χ0) is 26.0. The Morgan fingerprint density at radius 1 is 0.472 bits per heavy atom. The molecule has 0 aliphatic carbocycles. The van der Waals surface area contributed by atoms with E-state index in [1.54, 1.807) is 13.8 Å². The molecule has 1 heterocycles. The fourth-order valence-corrected chi connectivity index (χ4v) is 4.67. The molecule has 0 radical (unpaired) electrons. The van der Waals surface area contributed by atoms with Gasteiger partial charge < -0.3 is 0 Å². The highest BCUT2D eigenvalue weighted by atomic mass is 19.2. The van der Waals surface area contributed by atoms with E-state index in [1.165, 1.54) is 28.8 Å². The predicted octanol–water partition coefficient (Wildman–Crippen LogP) is 7.67. The minimum Gasteiger partial charge on any atom is -0.207 e. The summed E-state index contributed by atoms with van der Waals surface area (Å²) in [6.07, 6.45) is 0. The second kappa shape index (κ2) is 8.29. The van der Waals surface area contributed by atoms with Gasteiger partial charge in [-0.3, -0.25) is 0 Å². The first-order valence-corrected chi connectivity index (χ1v) is 10.6. The van der Waals surface area contributed by atoms with Gasteiger partial charge in [0.2, 0.25) is 22.5 Å². The number of rotatable bonds is 2. The van der Waals surface area contributed by atoms with Crippen LogP contribution in [0.25, 0.3) is 38.6 Å². The summed E-state index contributed by atoms with van der Waals surface area (Å²) < 4.78 is 117. The standard InChI is InChI=1S/C27H14F8N/c1-11-7-15(30)8-12(2)27(11)36-18-5-3-13(28)9-16(18)20(17-10-14(29)4-6-19(17)36)21-22(31)24(33)26(35)25(34)23(21)32/h3-10H,1-2H3/q+1. The fourth-order valence-electron chi connectivity index (χ4n) is 4.67. The molecule has 0 bridgehead atoms. The lowest BCUT2D eigenvalue weighted by Crippen LogP contribution is -2.35. The molecule has 0 unspecified atom stereocenters. The molecule has 0 saturated carbocycles. The van der Waals surface area contributed by atoms with E-state index in [0.29, 0.717) is 16.8 Å². The van der Waals surface area contributed by atoms with E-state index in [9.17, 15) is 35.1 Å². The molecule has 0 N–H and O–H groups in total. The van der Waals surface area contributed by atoms with E-state index in [4.69, 9.17) is 0 Å². The van der Waals surface area contributed by atoms with Crippen LogP contribution < -0.4 is 4.57 Å². The van der Waals surface area contributed by atoms with E-state index in [-0.39, 0.29) is 21.8 Å². The highest BCUT2D eigenvalue weighted by Gasteiger charge is 2.33. The van der Waals surface area contributed by atoms with E-state index >= 15 is 0 Å². The lowest BCUT2D eigenvalue weighted by molar-refractivity contribution is -0.538. The third kappa shape index (κ3) is 3.41. The largest absolute Gasteiger partial charge is 0.219 e. The van der Waals surface area contributed by atoms with Crippen molar-refractivity contribution in [3.8, 4) is 16.8 Å². The Morgan fingerprint density at radius 2 is 0.889 bits per heavy atom. The van der Waals surface area contributed by atoms with Gasteiger partial charge in [-0.2, -0.15) is 4.57 Å². The summed E-state index contributed by atoms with van der Waals surface area (Å²) in [7, 11) is 0. The second-order valence-corrected chi connectivity index (χ2v) is 8.37. The van der Waals surface area contributed by atoms with Gasteiger partial charge in [0, 0.05) is 28.8 Å². The first-order chi connectivity index (χ1) is 17.0. The molecule has 0 amide bonds. The van der Waals surface area contributed by atoms with Gasteiger partial charge in [-0.05, 0) is 50.2 Å². The van der Waals surface area contributed by atoms with E-state index < -0.39 is 57.7 Å². The summed E-state index contributed by atoms with van der Waals surface area (Å²) >= 11 is 0. The molecule has 0 aliphatic heterocycles. The second-order valence-electron chi connectivity index (χ2n) is 8.37. The van der Waals surface area contributed by atoms with Crippen LogP contribution in [-0.2, 0) is 0 Å². The number of hydrogen-bond acceptors (Lipinski definition) is 0. The van der Waals surface area contributed by atoms with Crippen LogP contribution in [0.1, 0.15) is 11.1 Å². The van der Waals surface area contributed by atoms with Crippen LogP contribution >= 0.6 is 0 Å². The van der Waals surface area contributed by atoms with Crippen molar-refractivity contribution in [1.82, 2.24) is 0 Å². The topological polar surface area (TPSA) is 3.88 Å². The lowest BCUT2D eigenvalue weighted by atomic mass is 9.93. The predicted molar refractivity (Wildman–Crippen MR) is 118 cm³/mol. The summed E-state index contributed by atoms with van der Waals surface area (Å²) in [6.45, 7) is 3.20. The first-order valence-electron chi connectivity index (χ1n) is 10.6. The number of fused-ring (bicyclic) bond motifs is 2. The molecular weight excluding hydrogens is 490 g/mol. The third-order valence-electron chi connectivity index (χ3n) is 6.08. The lowest BCUT2D eigenvalue weighted by Gasteiger charge is -2.16. The van der Waals surface area contributed by atoms with Crippen LogP contribution in [0, 0.1) is 60.4 Å². The van der Waals surface area contributed by atoms with Gasteiger partial charge in [0.25, 0.3) is 0 Å². The van der Waals surface area contributed by atoms with Crippen LogP contribution in [-0.4, -0.2) is 0 Å². The molecule has 4 aromatic carbocycles. The maximum Gasteiger partial charge on any atom is 0.219 e. The van der Waals surface area contributed by atoms with Gasteiger partial charge >= 0.3 is 0 Å². The highest BCUT2D eigenvalue weighted by molar-refractivity contribution is 6.07. The number of benzene rings is 4. The number of pyridine rings is 1. The van der Waals surface area contributed by atoms with E-state index in [1.807, 2.05) is 0 Å². The van der Waals surface area contributed by atoms with Crippen LogP contribution in [0.4, 0.5) is 35.1 Å². The van der Waals surface area contributed by atoms with Crippen molar-refractivity contribution in [2.75, 3.05) is 0 Å². The number of hydrogen-bond donors (Lipinski definition) is 0. The number of aromatic nitrogens is 1. The van der Waals surface area contributed by atoms with Gasteiger partial charge in [-0.15, -0.1) is 0 Å². The smallest absolute Gasteiger partial charge is 0.207 e. The van der Waals surface area contributed by atoms with Gasteiger partial charge in [-0.1, -0.05) is 0 Å². The first kappa shape index (κ1) is 23.7. The normalized spacial score (nSPS) is 11.6. The van der Waals surface area contributed by atoms with Crippen LogP contribution in [0.3, 0.4) is 0 Å². The fraction of sp³-hybridized carbons (Fsp3) is 0.0741. The average molecular weight is 504 g/mol. The van der Waals surface area contributed by atoms with Crippen molar-refractivity contribution in [2.24, 2.45) is 0 Å². The summed E-state index contributed by atoms with van der Waals surface area (Å²) in [5, 5.41) is -0.501. The van der Waals surface area contributed by atoms with E-state index in [0.717, 1.165) is 24.3 Å². The number of halogens is 8. The van der Waals surface area contributed by atoms with Crippen molar-refractivity contribution >= 4 is 21.8 Å². The van der Waals surface area contributed by atoms with Crippen LogP contribution in [0.2, 0.25) is 0 Å². The summed E-state index contributed by atoms with van der Waals surface area (Å²) in [5.41, 5.74) is -0.429. The summed E-state index contributed by atoms with van der Waals surface area (Å²) in [6, 6.07) is 8.79. The number of aryl methyl sites for hydroxylation is 2. The molecule has 0 fully saturated rings. The molecule has 1 aromatic heterocycles. The van der Waals surface area contributed by atoms with Crippen molar-refractivity contribution in [1.29, 1.82) is 0 Å². The van der Waals surface area contributed by atoms with E-state index in [2.05, 4.69) is 0 Å². The van der Waals surface area contributed by atoms with Crippen LogP contribution in [0.5, 0.6) is 0 Å². The average Bonchev–Trinajstić information content (AvgIpc) is 2.82. The molecule has 182 valence electrons. The quantitative estimate of drug-likeness (QED) is 0.0764. The minimum atomic E-state index is -2.36. The van der Waals surface area contributed by atoms with Gasteiger partial charge in [0.15, 0.2) is 23.3 Å². The molecule has 5 aromatic rings. The Kier molecular flexibility index (Phi) is 5.46. The third-order valence-corrected chi connectivity index (χ3v) is 6.08. The molecule has 0 aliphatic rings. The van der Waals surface area contributed by atoms with Crippen molar-refractivity contribution in [3.63, 3.8) is 0 Å². The summed E-state index contributed by atoms with van der Waals surface area (Å²) in [5.74, 6) is -13.3. The van der Waals surface area contributed by atoms with Gasteiger partial charge in [0.1, 0.15) is 17.5 Å². The van der Waals surface area contributed by atoms with Crippen LogP contribution in [0.15, 0.2) is 48.5 Å². The molecule has 36 heavy (non-hydrogen) atoms. The molecular formula is C27H14F8N+. The van der Waals surface area contributed by atoms with Gasteiger partial charge in [0.05, 0.1) is 16.3 Å². The zero-order valence-electron chi connectivity index (χ0n) is 18.6. The highest BCUT2D eigenvalue weighted by Crippen LogP contribution is 2.40. The van der Waals surface area contributed by atoms with Crippen molar-refractivity contribution < 1.29 is 39.7 Å². The molecule has 0 spiro atoms. The molecule has 0 saturated heterocycles. The molecule has 9 heteroatoms. The molecule has 5 rings (SSSR count). The Morgan fingerprint density at radius 3 is 1.33 bits per heavy atom. The Bertz CT molecular complexity index is 1630. The zero-order valence-corrected chi connectivity index (χ0v) is 18.6. The van der Waals surface area contributed by atoms with Crippen molar-refractivity contribution in [3.05, 3.63) is 106 Å². The Labute approximate surface area is 198 Å². The van der Waals surface area contributed by atoms with Gasteiger partial charge in [-0.25, -0.2) is 35.1 Å². The molecule has 0 atom stereocenters.